The van der Waals surface area contributed by atoms with Crippen molar-refractivity contribution in [1.29, 1.82) is 0 Å². The number of anilines is 1. The average molecular weight is 576 g/mol. The highest BCUT2D eigenvalue weighted by Gasteiger charge is 2.49. The van der Waals surface area contributed by atoms with E-state index in [1.165, 1.54) is 26.5 Å². The number of aryl methyl sites for hydroxylation is 1. The molecule has 1 saturated carbocycles. The molecular weight excluding hydrogens is 537 g/mol. The predicted octanol–water partition coefficient (Wildman–Crippen LogP) is 6.44. The van der Waals surface area contributed by atoms with E-state index in [1.54, 1.807) is 22.5 Å². The van der Waals surface area contributed by atoms with Crippen molar-refractivity contribution < 1.29 is 18.1 Å². The second-order valence-corrected chi connectivity index (χ2v) is 13.8. The number of halogens is 2. The summed E-state index contributed by atoms with van der Waals surface area (Å²) < 4.78 is 37.9. The molecule has 9 heteroatoms. The van der Waals surface area contributed by atoms with Gasteiger partial charge in [0.1, 0.15) is 11.9 Å². The summed E-state index contributed by atoms with van der Waals surface area (Å²) in [6, 6.07) is 7.89. The van der Waals surface area contributed by atoms with E-state index in [2.05, 4.69) is 15.8 Å². The number of aliphatic imine (C=N–C) groups is 1. The van der Waals surface area contributed by atoms with Gasteiger partial charge in [-0.2, -0.15) is 4.31 Å². The highest BCUT2D eigenvalue weighted by Crippen LogP contribution is 2.44. The van der Waals surface area contributed by atoms with E-state index >= 15 is 4.39 Å². The van der Waals surface area contributed by atoms with Gasteiger partial charge in [-0.1, -0.05) is 50.8 Å². The van der Waals surface area contributed by atoms with Crippen LogP contribution in [0.25, 0.3) is 0 Å². The van der Waals surface area contributed by atoms with Crippen LogP contribution in [0.15, 0.2) is 40.2 Å². The van der Waals surface area contributed by atoms with E-state index in [4.69, 9.17) is 16.3 Å². The minimum absolute atomic E-state index is 0.0742. The topological polar surface area (TPSA) is 62.2 Å². The first kappa shape index (κ1) is 29.6. The van der Waals surface area contributed by atoms with Crippen molar-refractivity contribution in [1.82, 2.24) is 4.31 Å². The Morgan fingerprint density at radius 1 is 1.21 bits per heavy atom. The molecule has 1 aliphatic heterocycles. The molecule has 0 N–H and O–H groups in total. The van der Waals surface area contributed by atoms with Gasteiger partial charge in [-0.05, 0) is 73.5 Å². The average Bonchev–Trinajstić information content (AvgIpc) is 2.87. The van der Waals surface area contributed by atoms with E-state index in [0.29, 0.717) is 15.5 Å². The van der Waals surface area contributed by atoms with Gasteiger partial charge in [0, 0.05) is 30.5 Å². The largest absolute Gasteiger partial charge is 0.410 e. The number of hydrogen-bond acceptors (Lipinski definition) is 5. The smallest absolute Gasteiger partial charge is 0.309 e. The molecule has 0 saturated heterocycles. The van der Waals surface area contributed by atoms with Gasteiger partial charge in [-0.15, -0.1) is 0 Å². The quantitative estimate of drug-likeness (QED) is 0.178. The molecule has 1 fully saturated rings. The van der Waals surface area contributed by atoms with E-state index < -0.39 is 27.1 Å². The first-order valence-electron chi connectivity index (χ1n) is 13.4. The second kappa shape index (κ2) is 11.2. The van der Waals surface area contributed by atoms with Crippen molar-refractivity contribution >= 4 is 44.7 Å². The molecule has 4 rings (SSSR count). The number of hydrogen-bond donors (Lipinski definition) is 0. The first-order chi connectivity index (χ1) is 18.3. The standard InChI is InChI=1S/C30H39ClFN3O3S/c1-19-13-15-24(32)27(20(19)2)30(4,5)28(29(33-6)38-21(3)36)35-18-34(23-11-9-8-10-12-23)25-17-22(31)14-16-26(25)39(35,7)37/h13-17,23,28H,7-12,18H2,1-6H3. The minimum Gasteiger partial charge on any atom is -0.410 e. The van der Waals surface area contributed by atoms with Crippen LogP contribution in [0.3, 0.4) is 0 Å². The molecule has 6 nitrogen and oxygen atoms in total. The molecule has 2 aromatic rings. The summed E-state index contributed by atoms with van der Waals surface area (Å²) in [6.07, 6.45) is 5.39. The van der Waals surface area contributed by atoms with E-state index in [0.717, 1.165) is 42.5 Å². The SMILES string of the molecule is C=S1(=O)c2ccc(Cl)cc2N(C2CCCCC2)CN1C(C(=NC)OC(C)=O)C(C)(C)c1c(F)ccc(C)c1C. The van der Waals surface area contributed by atoms with Crippen LogP contribution in [-0.4, -0.2) is 52.1 Å². The molecule has 0 bridgehead atoms. The number of benzene rings is 2. The van der Waals surface area contributed by atoms with E-state index in [9.17, 15) is 9.00 Å². The van der Waals surface area contributed by atoms with Gasteiger partial charge in [0.2, 0.25) is 5.90 Å². The molecule has 2 aromatic carbocycles. The van der Waals surface area contributed by atoms with E-state index in [-0.39, 0.29) is 24.4 Å². The van der Waals surface area contributed by atoms with Gasteiger partial charge in [0.05, 0.1) is 27.0 Å². The van der Waals surface area contributed by atoms with E-state index in [1.807, 2.05) is 33.8 Å². The molecule has 1 heterocycles. The lowest BCUT2D eigenvalue weighted by molar-refractivity contribution is -0.133. The summed E-state index contributed by atoms with van der Waals surface area (Å²) in [5.41, 5.74) is 1.96. The summed E-state index contributed by atoms with van der Waals surface area (Å²) in [7, 11) is -1.62. The van der Waals surface area contributed by atoms with Crippen molar-refractivity contribution in [2.45, 2.75) is 89.1 Å². The van der Waals surface area contributed by atoms with Crippen LogP contribution >= 0.6 is 11.6 Å². The van der Waals surface area contributed by atoms with Gasteiger partial charge in [-0.25, -0.2) is 8.60 Å². The number of fused-ring (bicyclic) bond motifs is 1. The maximum atomic E-state index is 15.6. The Morgan fingerprint density at radius 3 is 2.49 bits per heavy atom. The van der Waals surface area contributed by atoms with Crippen LogP contribution in [0.1, 0.15) is 69.6 Å². The zero-order valence-corrected chi connectivity index (χ0v) is 25.3. The zero-order valence-electron chi connectivity index (χ0n) is 23.7. The molecule has 1 aliphatic carbocycles. The Bertz CT molecular complexity index is 1400. The highest BCUT2D eigenvalue weighted by molar-refractivity contribution is 7.98. The lowest BCUT2D eigenvalue weighted by Gasteiger charge is -2.50. The van der Waals surface area contributed by atoms with Crippen LogP contribution in [0, 0.1) is 19.7 Å². The van der Waals surface area contributed by atoms with Crippen LogP contribution in [0.5, 0.6) is 0 Å². The van der Waals surface area contributed by atoms with Crippen molar-refractivity contribution in [2.24, 2.45) is 4.99 Å². The Hall–Kier alpha value is -2.42. The van der Waals surface area contributed by atoms with Crippen LogP contribution in [0.2, 0.25) is 5.02 Å². The normalized spacial score (nSPS) is 21.9. The number of nitrogens with zero attached hydrogens (tertiary/aromatic N) is 3. The van der Waals surface area contributed by atoms with Crippen LogP contribution in [0.4, 0.5) is 10.1 Å². The molecule has 39 heavy (non-hydrogen) atoms. The molecule has 2 aliphatic rings. The summed E-state index contributed by atoms with van der Waals surface area (Å²) in [4.78, 5) is 19.4. The molecule has 0 spiro atoms. The number of carbonyl (C=O) groups excluding carboxylic acids is 1. The predicted molar refractivity (Wildman–Crippen MR) is 159 cm³/mol. The molecular formula is C30H39ClFN3O3S. The number of rotatable bonds is 5. The van der Waals surface area contributed by atoms with Crippen LogP contribution < -0.4 is 4.90 Å². The number of esters is 1. The Labute approximate surface area is 237 Å². The van der Waals surface area contributed by atoms with Gasteiger partial charge in [-0.3, -0.25) is 9.79 Å². The van der Waals surface area contributed by atoms with Gasteiger partial charge in [0.25, 0.3) is 0 Å². The zero-order chi connectivity index (χ0) is 28.7. The lowest BCUT2D eigenvalue weighted by atomic mass is 9.74. The van der Waals surface area contributed by atoms with Crippen LogP contribution in [-0.2, 0) is 24.7 Å². The third-order valence-electron chi connectivity index (χ3n) is 8.26. The Balaban J connectivity index is 1.97. The first-order valence-corrected chi connectivity index (χ1v) is 15.5. The van der Waals surface area contributed by atoms with Gasteiger partial charge < -0.3 is 9.64 Å². The fraction of sp³-hybridized carbons (Fsp3) is 0.500. The fourth-order valence-electron chi connectivity index (χ4n) is 6.26. The summed E-state index contributed by atoms with van der Waals surface area (Å²) in [5.74, 6) is 3.38. The Kier molecular flexibility index (Phi) is 8.50. The molecule has 2 unspecified atom stereocenters. The Morgan fingerprint density at radius 2 is 1.87 bits per heavy atom. The van der Waals surface area contributed by atoms with Crippen molar-refractivity contribution in [3.8, 4) is 0 Å². The summed E-state index contributed by atoms with van der Waals surface area (Å²) in [6.45, 7) is 9.12. The van der Waals surface area contributed by atoms with Crippen molar-refractivity contribution in [3.05, 3.63) is 57.9 Å². The molecule has 0 aromatic heterocycles. The summed E-state index contributed by atoms with van der Waals surface area (Å²) >= 11 is 6.43. The van der Waals surface area contributed by atoms with Gasteiger partial charge in [0.15, 0.2) is 0 Å². The molecule has 212 valence electrons. The van der Waals surface area contributed by atoms with Gasteiger partial charge >= 0.3 is 5.97 Å². The summed E-state index contributed by atoms with van der Waals surface area (Å²) in [5, 5.41) is 0.559. The monoisotopic (exact) mass is 575 g/mol. The molecule has 0 radical (unpaired) electrons. The number of ether oxygens (including phenoxy) is 1. The van der Waals surface area contributed by atoms with Crippen molar-refractivity contribution in [2.75, 3.05) is 18.6 Å². The minimum atomic E-state index is -3.15. The maximum Gasteiger partial charge on any atom is 0.309 e. The lowest BCUT2D eigenvalue weighted by Crippen LogP contribution is -2.61. The second-order valence-electron chi connectivity index (χ2n) is 11.2. The molecule has 0 amide bonds. The fourth-order valence-corrected chi connectivity index (χ4v) is 8.47. The third kappa shape index (κ3) is 5.48. The highest BCUT2D eigenvalue weighted by atomic mass is 35.5. The number of carbonyl (C=O) groups is 1. The maximum absolute atomic E-state index is 15.6. The third-order valence-corrected chi connectivity index (χ3v) is 10.6. The van der Waals surface area contributed by atoms with Crippen molar-refractivity contribution in [3.63, 3.8) is 0 Å². The molecule has 2 atom stereocenters.